The fraction of sp³-hybridized carbons (Fsp3) is 0.111. The van der Waals surface area contributed by atoms with E-state index in [4.69, 9.17) is 5.41 Å². The van der Waals surface area contributed by atoms with Crippen LogP contribution in [0.15, 0.2) is 48.9 Å². The predicted octanol–water partition coefficient (Wildman–Crippen LogP) is 3.29. The van der Waals surface area contributed by atoms with Crippen LogP contribution in [0, 0.1) is 12.3 Å². The Balaban J connectivity index is 1.97. The third-order valence-electron chi connectivity index (χ3n) is 3.50. The first-order chi connectivity index (χ1) is 11.7. The Morgan fingerprint density at radius 2 is 1.96 bits per heavy atom. The van der Waals surface area contributed by atoms with Crippen molar-refractivity contribution in [3.8, 4) is 0 Å². The van der Waals surface area contributed by atoms with Crippen LogP contribution < -0.4 is 10.6 Å². The first-order valence-corrected chi connectivity index (χ1v) is 7.54. The Morgan fingerprint density at radius 1 is 1.08 bits per heavy atom. The average molecular weight is 318 g/mol. The number of aromatic nitrogens is 3. The highest BCUT2D eigenvalue weighted by Crippen LogP contribution is 2.20. The summed E-state index contributed by atoms with van der Waals surface area (Å²) in [6.45, 7) is 2.02. The summed E-state index contributed by atoms with van der Waals surface area (Å²) in [7, 11) is 1.80. The van der Waals surface area contributed by atoms with Crippen molar-refractivity contribution in [1.82, 2.24) is 20.3 Å². The van der Waals surface area contributed by atoms with E-state index in [1.165, 1.54) is 6.21 Å². The molecule has 3 heterocycles. The van der Waals surface area contributed by atoms with Gasteiger partial charge in [-0.05, 0) is 42.8 Å². The van der Waals surface area contributed by atoms with Crippen LogP contribution in [0.5, 0.6) is 0 Å². The lowest BCUT2D eigenvalue weighted by molar-refractivity contribution is 1.11. The van der Waals surface area contributed by atoms with Gasteiger partial charge in [0, 0.05) is 43.0 Å². The van der Waals surface area contributed by atoms with E-state index in [1.54, 1.807) is 25.6 Å². The van der Waals surface area contributed by atoms with Crippen LogP contribution in [0.3, 0.4) is 0 Å². The number of nitrogens with zero attached hydrogens (tertiary/aromatic N) is 3. The third kappa shape index (κ3) is 3.38. The summed E-state index contributed by atoms with van der Waals surface area (Å²) >= 11 is 0. The van der Waals surface area contributed by atoms with Gasteiger partial charge in [-0.3, -0.25) is 4.98 Å². The Bertz CT molecular complexity index is 916. The van der Waals surface area contributed by atoms with Crippen molar-refractivity contribution in [2.24, 2.45) is 0 Å². The Labute approximate surface area is 140 Å². The molecular formula is C18H18N6. The van der Waals surface area contributed by atoms with Gasteiger partial charge in [-0.2, -0.15) is 0 Å². The largest absolute Gasteiger partial charge is 0.393 e. The maximum atomic E-state index is 7.52. The summed E-state index contributed by atoms with van der Waals surface area (Å²) in [6, 6.07) is 9.62. The van der Waals surface area contributed by atoms with E-state index < -0.39 is 0 Å². The summed E-state index contributed by atoms with van der Waals surface area (Å²) in [6.07, 6.45) is 6.55. The van der Waals surface area contributed by atoms with E-state index in [0.717, 1.165) is 33.6 Å². The highest BCUT2D eigenvalue weighted by molar-refractivity contribution is 6.08. The Kier molecular flexibility index (Phi) is 4.47. The summed E-state index contributed by atoms with van der Waals surface area (Å²) in [5.41, 5.74) is 4.27. The van der Waals surface area contributed by atoms with Crippen molar-refractivity contribution in [2.75, 3.05) is 12.4 Å². The van der Waals surface area contributed by atoms with Crippen LogP contribution in [-0.2, 0) is 0 Å². The van der Waals surface area contributed by atoms with E-state index in [1.807, 2.05) is 37.3 Å². The van der Waals surface area contributed by atoms with Gasteiger partial charge in [-0.1, -0.05) is 0 Å². The van der Waals surface area contributed by atoms with Crippen molar-refractivity contribution in [3.05, 3.63) is 60.1 Å². The van der Waals surface area contributed by atoms with E-state index in [-0.39, 0.29) is 0 Å². The monoisotopic (exact) mass is 318 g/mol. The number of rotatable bonds is 5. The topological polar surface area (TPSA) is 86.6 Å². The second kappa shape index (κ2) is 6.87. The van der Waals surface area contributed by atoms with Gasteiger partial charge in [0.2, 0.25) is 0 Å². The van der Waals surface area contributed by atoms with Gasteiger partial charge in [0.15, 0.2) is 0 Å². The smallest absolute Gasteiger partial charge is 0.132 e. The molecule has 0 bridgehead atoms. The molecule has 0 saturated heterocycles. The molecule has 0 aromatic carbocycles. The molecule has 120 valence electrons. The van der Waals surface area contributed by atoms with Gasteiger partial charge in [-0.15, -0.1) is 0 Å². The van der Waals surface area contributed by atoms with Crippen molar-refractivity contribution in [1.29, 1.82) is 5.41 Å². The number of nitrogens with one attached hydrogen (secondary N) is 3. The quantitative estimate of drug-likeness (QED) is 0.628. The molecule has 0 radical (unpaired) electrons. The highest BCUT2D eigenvalue weighted by atomic mass is 15.1. The number of fused-ring (bicyclic) bond motifs is 1. The summed E-state index contributed by atoms with van der Waals surface area (Å²) in [5.74, 6) is 1.45. The third-order valence-corrected chi connectivity index (χ3v) is 3.50. The molecule has 3 N–H and O–H groups in total. The van der Waals surface area contributed by atoms with E-state index in [2.05, 4.69) is 25.6 Å². The summed E-state index contributed by atoms with van der Waals surface area (Å²) in [4.78, 5) is 13.3. The Hall–Kier alpha value is -3.28. The second-order valence-corrected chi connectivity index (χ2v) is 5.33. The fourth-order valence-electron chi connectivity index (χ4n) is 2.33. The van der Waals surface area contributed by atoms with Crippen molar-refractivity contribution in [3.63, 3.8) is 0 Å². The van der Waals surface area contributed by atoms with Gasteiger partial charge in [0.05, 0.1) is 11.0 Å². The molecular weight excluding hydrogens is 300 g/mol. The van der Waals surface area contributed by atoms with Gasteiger partial charge < -0.3 is 16.0 Å². The van der Waals surface area contributed by atoms with Crippen molar-refractivity contribution >= 4 is 34.5 Å². The molecule has 24 heavy (non-hydrogen) atoms. The summed E-state index contributed by atoms with van der Waals surface area (Å²) in [5, 5.41) is 13.7. The number of pyridine rings is 3. The molecule has 0 atom stereocenters. The number of hydrogen-bond donors (Lipinski definition) is 3. The normalized spacial score (nSPS) is 11.3. The molecule has 6 heteroatoms. The van der Waals surface area contributed by atoms with Crippen LogP contribution in [0.2, 0.25) is 0 Å². The molecule has 0 spiro atoms. The number of aryl methyl sites for hydroxylation is 1. The zero-order valence-electron chi connectivity index (χ0n) is 13.5. The predicted molar refractivity (Wildman–Crippen MR) is 97.6 cm³/mol. The zero-order valence-corrected chi connectivity index (χ0v) is 13.5. The van der Waals surface area contributed by atoms with E-state index in [9.17, 15) is 0 Å². The first kappa shape index (κ1) is 15.6. The fourth-order valence-corrected chi connectivity index (χ4v) is 2.33. The molecule has 0 saturated carbocycles. The molecule has 3 aromatic heterocycles. The van der Waals surface area contributed by atoms with Crippen LogP contribution in [0.25, 0.3) is 16.6 Å². The van der Waals surface area contributed by atoms with Crippen molar-refractivity contribution < 1.29 is 0 Å². The maximum absolute atomic E-state index is 7.52. The molecule has 0 amide bonds. The number of hydrogen-bond acceptors (Lipinski definition) is 6. The van der Waals surface area contributed by atoms with Gasteiger partial charge >= 0.3 is 0 Å². The van der Waals surface area contributed by atoms with Crippen LogP contribution in [-0.4, -0.2) is 28.2 Å². The number of allylic oxidation sites excluding steroid dienone is 1. The molecule has 0 fully saturated rings. The first-order valence-electron chi connectivity index (χ1n) is 7.54. The van der Waals surface area contributed by atoms with Crippen LogP contribution in [0.1, 0.15) is 11.1 Å². The summed E-state index contributed by atoms with van der Waals surface area (Å²) < 4.78 is 0. The van der Waals surface area contributed by atoms with E-state index >= 15 is 0 Å². The second-order valence-electron chi connectivity index (χ2n) is 5.33. The minimum atomic E-state index is 0.702. The molecule has 3 aromatic rings. The lowest BCUT2D eigenvalue weighted by Gasteiger charge is -2.07. The average Bonchev–Trinajstić information content (AvgIpc) is 2.59. The standard InChI is InChI=1S/C18H18N6/c1-12-5-6-21-18(7-12)24-17-4-3-15-16(23-17)8-13(11-22-15)14(9-19)10-20-2/h3-11,19-20H,1-2H3,(H,21,23,24)/b14-10+,19-9?. The molecule has 0 aliphatic rings. The SMILES string of the molecule is CN/C=C(\C=N)c1cnc2ccc(Nc3cc(C)ccn3)nc2c1. The zero-order chi connectivity index (χ0) is 16.9. The highest BCUT2D eigenvalue weighted by Gasteiger charge is 2.05. The lowest BCUT2D eigenvalue weighted by Crippen LogP contribution is -1.99. The van der Waals surface area contributed by atoms with Gasteiger partial charge in [0.1, 0.15) is 11.6 Å². The molecule has 0 unspecified atom stereocenters. The minimum Gasteiger partial charge on any atom is -0.393 e. The Morgan fingerprint density at radius 3 is 2.71 bits per heavy atom. The van der Waals surface area contributed by atoms with Crippen LogP contribution >= 0.6 is 0 Å². The molecule has 3 rings (SSSR count). The maximum Gasteiger partial charge on any atom is 0.132 e. The van der Waals surface area contributed by atoms with Gasteiger partial charge in [0.25, 0.3) is 0 Å². The molecule has 6 nitrogen and oxygen atoms in total. The van der Waals surface area contributed by atoms with Gasteiger partial charge in [-0.25, -0.2) is 9.97 Å². The van der Waals surface area contributed by atoms with E-state index in [0.29, 0.717) is 5.82 Å². The number of anilines is 2. The van der Waals surface area contributed by atoms with Crippen LogP contribution in [0.4, 0.5) is 11.6 Å². The minimum absolute atomic E-state index is 0.702. The lowest BCUT2D eigenvalue weighted by atomic mass is 10.1. The molecule has 0 aliphatic heterocycles. The molecule has 0 aliphatic carbocycles. The van der Waals surface area contributed by atoms with Crippen molar-refractivity contribution in [2.45, 2.75) is 6.92 Å².